The summed E-state index contributed by atoms with van der Waals surface area (Å²) in [7, 11) is 0. The standard InChI is InChI=1S/C11H25NS/c1-9(2)10(3)13-7-6-11(4,5)8-12/h9-10H,6-8,12H2,1-5H3. The van der Waals surface area contributed by atoms with Gasteiger partial charge in [-0.05, 0) is 30.1 Å². The second-order valence-electron chi connectivity index (χ2n) is 4.94. The van der Waals surface area contributed by atoms with E-state index in [0.717, 1.165) is 17.7 Å². The highest BCUT2D eigenvalue weighted by atomic mass is 32.2. The van der Waals surface area contributed by atoms with Gasteiger partial charge in [-0.25, -0.2) is 0 Å². The molecule has 1 atom stereocenters. The summed E-state index contributed by atoms with van der Waals surface area (Å²) in [6, 6.07) is 0. The van der Waals surface area contributed by atoms with Crippen molar-refractivity contribution in [1.29, 1.82) is 0 Å². The molecule has 13 heavy (non-hydrogen) atoms. The van der Waals surface area contributed by atoms with Gasteiger partial charge < -0.3 is 5.73 Å². The maximum Gasteiger partial charge on any atom is 0.00417 e. The van der Waals surface area contributed by atoms with Gasteiger partial charge in [0.2, 0.25) is 0 Å². The minimum Gasteiger partial charge on any atom is -0.330 e. The van der Waals surface area contributed by atoms with Gasteiger partial charge in [-0.1, -0.05) is 34.6 Å². The molecule has 0 radical (unpaired) electrons. The van der Waals surface area contributed by atoms with E-state index < -0.39 is 0 Å². The third kappa shape index (κ3) is 6.39. The van der Waals surface area contributed by atoms with E-state index in [9.17, 15) is 0 Å². The van der Waals surface area contributed by atoms with Gasteiger partial charge in [0.1, 0.15) is 0 Å². The minimum absolute atomic E-state index is 0.323. The number of thioether (sulfide) groups is 1. The fourth-order valence-electron chi connectivity index (χ4n) is 0.816. The molecule has 0 rings (SSSR count). The largest absolute Gasteiger partial charge is 0.330 e. The van der Waals surface area contributed by atoms with Crippen LogP contribution in [0, 0.1) is 11.3 Å². The van der Waals surface area contributed by atoms with Crippen molar-refractivity contribution in [2.75, 3.05) is 12.3 Å². The second-order valence-corrected chi connectivity index (χ2v) is 6.42. The predicted octanol–water partition coefficient (Wildman–Crippen LogP) is 3.14. The Morgan fingerprint density at radius 2 is 1.77 bits per heavy atom. The van der Waals surface area contributed by atoms with Crippen LogP contribution in [-0.4, -0.2) is 17.5 Å². The first-order valence-electron chi connectivity index (χ1n) is 5.21. The summed E-state index contributed by atoms with van der Waals surface area (Å²) in [5, 5.41) is 0.772. The number of rotatable bonds is 6. The Hall–Kier alpha value is 0.310. The molecule has 0 aliphatic heterocycles. The number of hydrogen-bond donors (Lipinski definition) is 1. The van der Waals surface area contributed by atoms with Crippen molar-refractivity contribution in [1.82, 2.24) is 0 Å². The zero-order chi connectivity index (χ0) is 10.5. The summed E-state index contributed by atoms with van der Waals surface area (Å²) in [5.74, 6) is 2.02. The van der Waals surface area contributed by atoms with Crippen LogP contribution in [0.3, 0.4) is 0 Å². The number of nitrogens with two attached hydrogens (primary N) is 1. The van der Waals surface area contributed by atoms with Crippen LogP contribution in [0.2, 0.25) is 0 Å². The van der Waals surface area contributed by atoms with Gasteiger partial charge >= 0.3 is 0 Å². The van der Waals surface area contributed by atoms with Crippen molar-refractivity contribution in [3.05, 3.63) is 0 Å². The van der Waals surface area contributed by atoms with Crippen molar-refractivity contribution in [3.8, 4) is 0 Å². The lowest BCUT2D eigenvalue weighted by atomic mass is 9.91. The van der Waals surface area contributed by atoms with Gasteiger partial charge in [0.15, 0.2) is 0 Å². The van der Waals surface area contributed by atoms with Crippen LogP contribution in [-0.2, 0) is 0 Å². The van der Waals surface area contributed by atoms with Crippen LogP contribution in [0.5, 0.6) is 0 Å². The lowest BCUT2D eigenvalue weighted by molar-refractivity contribution is 0.368. The first kappa shape index (κ1) is 13.3. The fraction of sp³-hybridized carbons (Fsp3) is 1.00. The predicted molar refractivity (Wildman–Crippen MR) is 64.2 cm³/mol. The first-order chi connectivity index (χ1) is 5.89. The zero-order valence-electron chi connectivity index (χ0n) is 9.76. The van der Waals surface area contributed by atoms with Gasteiger partial charge in [0.25, 0.3) is 0 Å². The Morgan fingerprint density at radius 3 is 2.15 bits per heavy atom. The molecule has 2 N–H and O–H groups in total. The third-order valence-corrected chi connectivity index (χ3v) is 4.16. The van der Waals surface area contributed by atoms with E-state index in [1.165, 1.54) is 12.2 Å². The summed E-state index contributed by atoms with van der Waals surface area (Å²) in [5.41, 5.74) is 6.00. The van der Waals surface area contributed by atoms with Crippen molar-refractivity contribution < 1.29 is 0 Å². The summed E-state index contributed by atoms with van der Waals surface area (Å²) in [4.78, 5) is 0. The normalized spacial score (nSPS) is 15.0. The minimum atomic E-state index is 0.323. The highest BCUT2D eigenvalue weighted by molar-refractivity contribution is 7.99. The summed E-state index contributed by atoms with van der Waals surface area (Å²) >= 11 is 2.07. The van der Waals surface area contributed by atoms with Crippen LogP contribution < -0.4 is 5.73 Å². The maximum atomic E-state index is 5.67. The maximum absolute atomic E-state index is 5.67. The van der Waals surface area contributed by atoms with E-state index in [1.54, 1.807) is 0 Å². The van der Waals surface area contributed by atoms with E-state index in [-0.39, 0.29) is 0 Å². The smallest absolute Gasteiger partial charge is 0.00417 e. The highest BCUT2D eigenvalue weighted by Gasteiger charge is 2.16. The van der Waals surface area contributed by atoms with Crippen molar-refractivity contribution >= 4 is 11.8 Å². The Labute approximate surface area is 87.9 Å². The second kappa shape index (κ2) is 5.92. The van der Waals surface area contributed by atoms with Crippen LogP contribution >= 0.6 is 11.8 Å². The quantitative estimate of drug-likeness (QED) is 0.718. The Balaban J connectivity index is 3.56. The molecule has 0 aromatic heterocycles. The van der Waals surface area contributed by atoms with Crippen LogP contribution in [0.1, 0.15) is 41.0 Å². The molecule has 2 heteroatoms. The Kier molecular flexibility index (Phi) is 6.06. The van der Waals surface area contributed by atoms with E-state index in [2.05, 4.69) is 46.4 Å². The lowest BCUT2D eigenvalue weighted by Gasteiger charge is -2.23. The molecule has 0 aromatic carbocycles. The van der Waals surface area contributed by atoms with Crippen molar-refractivity contribution in [2.24, 2.45) is 17.1 Å². The molecule has 1 unspecified atom stereocenters. The Morgan fingerprint density at radius 1 is 1.23 bits per heavy atom. The summed E-state index contributed by atoms with van der Waals surface area (Å²) in [6.45, 7) is 12.2. The molecular weight excluding hydrogens is 178 g/mol. The average molecular weight is 203 g/mol. The molecule has 80 valence electrons. The zero-order valence-corrected chi connectivity index (χ0v) is 10.6. The Bertz CT molecular complexity index is 132. The molecule has 0 aromatic rings. The average Bonchev–Trinajstić information content (AvgIpc) is 2.04. The monoisotopic (exact) mass is 203 g/mol. The molecule has 0 aliphatic rings. The molecule has 0 saturated carbocycles. The van der Waals surface area contributed by atoms with Crippen LogP contribution in [0.15, 0.2) is 0 Å². The van der Waals surface area contributed by atoms with Gasteiger partial charge in [0.05, 0.1) is 0 Å². The topological polar surface area (TPSA) is 26.0 Å². The molecule has 0 spiro atoms. The number of hydrogen-bond acceptors (Lipinski definition) is 2. The van der Waals surface area contributed by atoms with E-state index >= 15 is 0 Å². The summed E-state index contributed by atoms with van der Waals surface area (Å²) < 4.78 is 0. The van der Waals surface area contributed by atoms with E-state index in [1.807, 2.05) is 0 Å². The third-order valence-electron chi connectivity index (χ3n) is 2.65. The van der Waals surface area contributed by atoms with Gasteiger partial charge in [-0.3, -0.25) is 0 Å². The SMILES string of the molecule is CC(C)C(C)SCCC(C)(C)CN. The molecule has 0 fully saturated rings. The van der Waals surface area contributed by atoms with Crippen LogP contribution in [0.4, 0.5) is 0 Å². The molecule has 0 bridgehead atoms. The summed E-state index contributed by atoms with van der Waals surface area (Å²) in [6.07, 6.45) is 1.23. The van der Waals surface area contributed by atoms with Crippen molar-refractivity contribution in [2.45, 2.75) is 46.3 Å². The van der Waals surface area contributed by atoms with E-state index in [4.69, 9.17) is 5.73 Å². The molecule has 0 amide bonds. The fourth-order valence-corrected chi connectivity index (χ4v) is 2.24. The molecule has 0 aliphatic carbocycles. The van der Waals surface area contributed by atoms with Crippen molar-refractivity contribution in [3.63, 3.8) is 0 Å². The van der Waals surface area contributed by atoms with E-state index in [0.29, 0.717) is 5.41 Å². The first-order valence-corrected chi connectivity index (χ1v) is 6.25. The molecule has 1 nitrogen and oxygen atoms in total. The van der Waals surface area contributed by atoms with Gasteiger partial charge in [0, 0.05) is 5.25 Å². The van der Waals surface area contributed by atoms with Crippen LogP contribution in [0.25, 0.3) is 0 Å². The van der Waals surface area contributed by atoms with Gasteiger partial charge in [-0.15, -0.1) is 0 Å². The van der Waals surface area contributed by atoms with Gasteiger partial charge in [-0.2, -0.15) is 11.8 Å². The molecular formula is C11H25NS. The molecule has 0 heterocycles. The highest BCUT2D eigenvalue weighted by Crippen LogP contribution is 2.25. The molecule has 0 saturated heterocycles. The lowest BCUT2D eigenvalue weighted by Crippen LogP contribution is -2.24.